The Bertz CT molecular complexity index is 539. The van der Waals surface area contributed by atoms with Gasteiger partial charge in [0.1, 0.15) is 0 Å². The van der Waals surface area contributed by atoms with Crippen LogP contribution in [0.15, 0.2) is 23.3 Å². The molecule has 94 valence electrons. The number of rotatable bonds is 5. The summed E-state index contributed by atoms with van der Waals surface area (Å²) >= 11 is 0. The molecular weight excluding hydrogens is 246 g/mol. The van der Waals surface area contributed by atoms with Crippen molar-refractivity contribution in [1.82, 2.24) is 0 Å². The van der Waals surface area contributed by atoms with Gasteiger partial charge in [-0.3, -0.25) is 10.1 Å². The Kier molecular flexibility index (Phi) is 4.77. The summed E-state index contributed by atoms with van der Waals surface area (Å²) in [5.74, 6) is -2.43. The van der Waals surface area contributed by atoms with E-state index in [1.165, 1.54) is 12.2 Å². The van der Waals surface area contributed by atoms with Crippen LogP contribution in [-0.2, 0) is 0 Å². The molecule has 18 heavy (non-hydrogen) atoms. The Morgan fingerprint density at radius 1 is 1.44 bits per heavy atom. The van der Waals surface area contributed by atoms with Crippen LogP contribution in [0.1, 0.15) is 12.0 Å². The van der Waals surface area contributed by atoms with E-state index in [1.807, 2.05) is 0 Å². The first kappa shape index (κ1) is 13.6. The first-order valence-electron chi connectivity index (χ1n) is 4.87. The average molecular weight is 254 g/mol. The molecule has 0 aliphatic carbocycles. The quantitative estimate of drug-likeness (QED) is 0.200. The van der Waals surface area contributed by atoms with Crippen molar-refractivity contribution in [3.05, 3.63) is 56.0 Å². The van der Waals surface area contributed by atoms with Crippen molar-refractivity contribution in [2.24, 2.45) is 5.11 Å². The molecule has 1 rings (SSSR count). The number of nitro groups is 1. The number of hydrogen-bond acceptors (Lipinski definition) is 3. The number of benzene rings is 1. The van der Waals surface area contributed by atoms with Crippen molar-refractivity contribution in [3.63, 3.8) is 0 Å². The third kappa shape index (κ3) is 3.53. The van der Waals surface area contributed by atoms with E-state index in [-0.39, 0.29) is 12.1 Å². The Hall–Kier alpha value is -2.47. The first-order valence-corrected chi connectivity index (χ1v) is 4.87. The highest BCUT2D eigenvalue weighted by Crippen LogP contribution is 2.23. The lowest BCUT2D eigenvalue weighted by Crippen LogP contribution is -1.95. The number of halogens is 2. The van der Waals surface area contributed by atoms with Gasteiger partial charge in [-0.1, -0.05) is 17.3 Å². The molecule has 0 saturated carbocycles. The molecule has 0 aliphatic heterocycles. The van der Waals surface area contributed by atoms with Gasteiger partial charge >= 0.3 is 0 Å². The molecule has 8 heteroatoms. The van der Waals surface area contributed by atoms with Gasteiger partial charge in [-0.05, 0) is 18.0 Å². The second kappa shape index (κ2) is 6.31. The van der Waals surface area contributed by atoms with E-state index in [4.69, 9.17) is 5.53 Å². The Morgan fingerprint density at radius 3 is 2.72 bits per heavy atom. The van der Waals surface area contributed by atoms with E-state index in [0.29, 0.717) is 12.5 Å². The fourth-order valence-electron chi connectivity index (χ4n) is 1.23. The largest absolute Gasteiger partial charge is 0.279 e. The van der Waals surface area contributed by atoms with Gasteiger partial charge in [0.25, 0.3) is 5.69 Å². The molecule has 0 unspecified atom stereocenters. The summed E-state index contributed by atoms with van der Waals surface area (Å²) in [7, 11) is 0. The van der Waals surface area contributed by atoms with Gasteiger partial charge in [-0.25, -0.2) is 8.78 Å². The summed E-state index contributed by atoms with van der Waals surface area (Å²) in [6.07, 6.45) is 3.11. The predicted octanol–water partition coefficient (Wildman–Crippen LogP) is 3.59. The van der Waals surface area contributed by atoms with Crippen molar-refractivity contribution < 1.29 is 13.7 Å². The molecule has 0 atom stereocenters. The highest BCUT2D eigenvalue weighted by molar-refractivity contribution is 5.61. The Balaban J connectivity index is 2.96. The summed E-state index contributed by atoms with van der Waals surface area (Å²) in [5, 5.41) is 13.9. The fraction of sp³-hybridized carbons (Fsp3) is 0.200. The topological polar surface area (TPSA) is 91.9 Å². The van der Waals surface area contributed by atoms with Crippen LogP contribution in [0.25, 0.3) is 16.5 Å². The fourth-order valence-corrected chi connectivity index (χ4v) is 1.23. The molecule has 0 saturated heterocycles. The Labute approximate surface area is 100 Å². The molecular formula is C10H8F2N4O2. The van der Waals surface area contributed by atoms with Crippen molar-refractivity contribution in [1.29, 1.82) is 0 Å². The minimum absolute atomic E-state index is 0.0418. The van der Waals surface area contributed by atoms with E-state index >= 15 is 0 Å². The van der Waals surface area contributed by atoms with E-state index < -0.39 is 22.2 Å². The molecule has 0 fully saturated rings. The van der Waals surface area contributed by atoms with E-state index in [1.54, 1.807) is 0 Å². The second-order valence-electron chi connectivity index (χ2n) is 3.23. The monoisotopic (exact) mass is 254 g/mol. The lowest BCUT2D eigenvalue weighted by molar-refractivity contribution is -0.385. The standard InChI is InChI=1S/C10H8F2N4O2/c11-8-5-7(3-1-2-4-14-15-13)10(16(17)18)6-9(8)12/h1,3,5-6H,2,4H2. The highest BCUT2D eigenvalue weighted by atomic mass is 19.2. The maximum Gasteiger partial charge on any atom is 0.279 e. The number of nitro benzene ring substituents is 1. The zero-order chi connectivity index (χ0) is 13.5. The molecule has 0 bridgehead atoms. The second-order valence-corrected chi connectivity index (χ2v) is 3.23. The van der Waals surface area contributed by atoms with Gasteiger partial charge in [-0.2, -0.15) is 0 Å². The van der Waals surface area contributed by atoms with Crippen LogP contribution in [0.2, 0.25) is 0 Å². The first-order chi connectivity index (χ1) is 8.56. The average Bonchev–Trinajstić information content (AvgIpc) is 2.32. The van der Waals surface area contributed by atoms with Gasteiger partial charge in [0.15, 0.2) is 11.6 Å². The molecule has 1 aromatic carbocycles. The molecule has 0 aliphatic rings. The van der Waals surface area contributed by atoms with Gasteiger partial charge in [-0.15, -0.1) is 0 Å². The van der Waals surface area contributed by atoms with Gasteiger partial charge in [0.2, 0.25) is 0 Å². The van der Waals surface area contributed by atoms with Crippen molar-refractivity contribution in [2.75, 3.05) is 6.54 Å². The molecule has 0 radical (unpaired) electrons. The molecule has 0 heterocycles. The SMILES string of the molecule is [N-]=[N+]=NCCC=Cc1cc(F)c(F)cc1[N+](=O)[O-]. The Morgan fingerprint density at radius 2 is 2.11 bits per heavy atom. The van der Waals surface area contributed by atoms with Crippen molar-refractivity contribution in [2.45, 2.75) is 6.42 Å². The third-order valence-corrected chi connectivity index (χ3v) is 2.02. The lowest BCUT2D eigenvalue weighted by atomic mass is 10.1. The van der Waals surface area contributed by atoms with E-state index in [0.717, 1.165) is 6.07 Å². The summed E-state index contributed by atoms with van der Waals surface area (Å²) in [5.41, 5.74) is 7.46. The number of nitrogens with zero attached hydrogens (tertiary/aromatic N) is 4. The van der Waals surface area contributed by atoms with Crippen LogP contribution < -0.4 is 0 Å². The molecule has 0 amide bonds. The predicted molar refractivity (Wildman–Crippen MR) is 60.7 cm³/mol. The van der Waals surface area contributed by atoms with Crippen LogP contribution in [0.3, 0.4) is 0 Å². The third-order valence-electron chi connectivity index (χ3n) is 2.02. The number of azide groups is 1. The van der Waals surface area contributed by atoms with Crippen LogP contribution in [-0.4, -0.2) is 11.5 Å². The number of hydrogen-bond donors (Lipinski definition) is 0. The van der Waals surface area contributed by atoms with Crippen LogP contribution in [0.4, 0.5) is 14.5 Å². The lowest BCUT2D eigenvalue weighted by Gasteiger charge is -1.99. The van der Waals surface area contributed by atoms with Gasteiger partial charge in [0, 0.05) is 11.5 Å². The zero-order valence-corrected chi connectivity index (χ0v) is 9.08. The zero-order valence-electron chi connectivity index (χ0n) is 9.08. The summed E-state index contributed by atoms with van der Waals surface area (Å²) in [6, 6.07) is 1.28. The summed E-state index contributed by atoms with van der Waals surface area (Å²) in [6.45, 7) is 0.185. The van der Waals surface area contributed by atoms with Gasteiger partial charge < -0.3 is 0 Å². The molecule has 0 N–H and O–H groups in total. The minimum Gasteiger partial charge on any atom is -0.258 e. The van der Waals surface area contributed by atoms with Crippen molar-refractivity contribution in [3.8, 4) is 0 Å². The smallest absolute Gasteiger partial charge is 0.258 e. The summed E-state index contributed by atoms with van der Waals surface area (Å²) < 4.78 is 25.8. The molecule has 6 nitrogen and oxygen atoms in total. The van der Waals surface area contributed by atoms with E-state index in [9.17, 15) is 18.9 Å². The van der Waals surface area contributed by atoms with Crippen LogP contribution in [0.5, 0.6) is 0 Å². The minimum atomic E-state index is -1.27. The maximum atomic E-state index is 13.0. The maximum absolute atomic E-state index is 13.0. The highest BCUT2D eigenvalue weighted by Gasteiger charge is 2.16. The molecule has 0 spiro atoms. The van der Waals surface area contributed by atoms with E-state index in [2.05, 4.69) is 10.0 Å². The van der Waals surface area contributed by atoms with Crippen LogP contribution >= 0.6 is 0 Å². The van der Waals surface area contributed by atoms with Crippen LogP contribution in [0, 0.1) is 21.7 Å². The van der Waals surface area contributed by atoms with Gasteiger partial charge in [0.05, 0.1) is 16.6 Å². The summed E-state index contributed by atoms with van der Waals surface area (Å²) in [4.78, 5) is 12.4. The van der Waals surface area contributed by atoms with Crippen molar-refractivity contribution >= 4 is 11.8 Å². The molecule has 0 aromatic heterocycles. The normalized spacial score (nSPS) is 10.3. The molecule has 1 aromatic rings.